The molecule has 1 saturated heterocycles. The van der Waals surface area contributed by atoms with Crippen LogP contribution < -0.4 is 10.4 Å². The number of Topliss-reactive ketones (excluding diaryl/α,β-unsaturated/α-hetero) is 1. The molecular weight excluding hydrogens is 604 g/mol. The summed E-state index contributed by atoms with van der Waals surface area (Å²) in [5.74, 6) is -7.58. The molecular formula is C29H23BrO11. The fourth-order valence-corrected chi connectivity index (χ4v) is 7.03. The number of halogens is 1. The van der Waals surface area contributed by atoms with E-state index in [1.54, 1.807) is 18.2 Å². The average Bonchev–Trinajstić information content (AvgIpc) is 3.03. The smallest absolute Gasteiger partial charge is 0.342 e. The highest BCUT2D eigenvalue weighted by Gasteiger charge is 2.89. The summed E-state index contributed by atoms with van der Waals surface area (Å²) in [5, 5.41) is 36.8. The van der Waals surface area contributed by atoms with Gasteiger partial charge in [0.25, 0.3) is 0 Å². The summed E-state index contributed by atoms with van der Waals surface area (Å²) in [6.07, 6.45) is -3.80. The monoisotopic (exact) mass is 626 g/mol. The molecule has 1 aromatic heterocycles. The molecule has 7 unspecified atom stereocenters. The van der Waals surface area contributed by atoms with Crippen LogP contribution in [0.4, 0.5) is 0 Å². The first-order valence-corrected chi connectivity index (χ1v) is 13.4. The Kier molecular flexibility index (Phi) is 6.23. The van der Waals surface area contributed by atoms with Crippen molar-refractivity contribution in [3.63, 3.8) is 0 Å². The molecule has 6 rings (SSSR count). The van der Waals surface area contributed by atoms with Gasteiger partial charge in [0, 0.05) is 22.5 Å². The number of aliphatic hydroxyl groups is 3. The number of benzene rings is 2. The normalized spacial score (nSPS) is 33.2. The maximum Gasteiger partial charge on any atom is 0.342 e. The van der Waals surface area contributed by atoms with Gasteiger partial charge >= 0.3 is 17.6 Å². The van der Waals surface area contributed by atoms with Gasteiger partial charge in [0.15, 0.2) is 11.9 Å². The lowest BCUT2D eigenvalue weighted by Crippen LogP contribution is -2.69. The van der Waals surface area contributed by atoms with Crippen molar-refractivity contribution in [3.05, 3.63) is 98.5 Å². The molecule has 2 aromatic carbocycles. The van der Waals surface area contributed by atoms with Crippen molar-refractivity contribution < 1.29 is 48.3 Å². The van der Waals surface area contributed by atoms with Crippen LogP contribution in [0.3, 0.4) is 0 Å². The fraction of sp³-hybridized carbons (Fsp3) is 0.310. The number of rotatable bonds is 6. The third kappa shape index (κ3) is 3.74. The van der Waals surface area contributed by atoms with Gasteiger partial charge in [0.1, 0.15) is 28.8 Å². The molecule has 3 bridgehead atoms. The molecule has 2 heterocycles. The van der Waals surface area contributed by atoms with Gasteiger partial charge in [0.05, 0.1) is 30.6 Å². The van der Waals surface area contributed by atoms with Crippen molar-refractivity contribution in [2.75, 3.05) is 7.11 Å². The van der Waals surface area contributed by atoms with Crippen molar-refractivity contribution in [1.82, 2.24) is 0 Å². The van der Waals surface area contributed by atoms with Crippen molar-refractivity contribution in [2.24, 2.45) is 5.92 Å². The Labute approximate surface area is 240 Å². The van der Waals surface area contributed by atoms with Gasteiger partial charge in [-0.05, 0) is 18.2 Å². The maximum atomic E-state index is 14.1. The van der Waals surface area contributed by atoms with Crippen molar-refractivity contribution in [2.45, 2.75) is 41.3 Å². The Morgan fingerprint density at radius 1 is 0.976 bits per heavy atom. The van der Waals surface area contributed by atoms with E-state index < -0.39 is 76.4 Å². The summed E-state index contributed by atoms with van der Waals surface area (Å²) in [6, 6.07) is 15.9. The van der Waals surface area contributed by atoms with Gasteiger partial charge < -0.3 is 33.9 Å². The summed E-state index contributed by atoms with van der Waals surface area (Å²) in [6.45, 7) is 0. The SMILES string of the molecule is COc1cc(C2C3(O)C(OC(=O)c4cccc(Br)c4)C4CC2(O)C(O)(C(=O)O4)C3C(=O)c2ccccc2)oc(=O)c1. The molecule has 11 nitrogen and oxygen atoms in total. The number of esters is 2. The molecule has 2 aliphatic carbocycles. The zero-order valence-electron chi connectivity index (χ0n) is 21.4. The predicted molar refractivity (Wildman–Crippen MR) is 141 cm³/mol. The first-order valence-electron chi connectivity index (χ1n) is 12.6. The Balaban J connectivity index is 1.59. The van der Waals surface area contributed by atoms with Crippen molar-refractivity contribution >= 4 is 33.7 Å². The third-order valence-corrected chi connectivity index (χ3v) is 8.75. The number of ether oxygens (including phenoxy) is 3. The zero-order valence-corrected chi connectivity index (χ0v) is 22.9. The molecule has 1 aliphatic heterocycles. The summed E-state index contributed by atoms with van der Waals surface area (Å²) >= 11 is 3.28. The first kappa shape index (κ1) is 27.3. The molecule has 3 N–H and O–H groups in total. The van der Waals surface area contributed by atoms with E-state index in [9.17, 15) is 34.5 Å². The lowest BCUT2D eigenvalue weighted by atomic mass is 9.65. The molecule has 7 atom stereocenters. The fourth-order valence-electron chi connectivity index (χ4n) is 6.63. The molecule has 212 valence electrons. The highest BCUT2D eigenvalue weighted by atomic mass is 79.9. The van der Waals surface area contributed by atoms with Crippen molar-refractivity contribution in [1.29, 1.82) is 0 Å². The standard InChI is InChI=1S/C29H23BrO11/c1-38-17-11-18(39-20(31)12-17)22-27(35)13-19-24(41-25(33)15-8-5-9-16(30)10-15)28(22,36)23(29(27,37)26(34)40-19)21(32)14-6-3-2-4-7-14/h2-12,19,22-24,35-37H,13H2,1H3. The van der Waals surface area contributed by atoms with E-state index in [0.29, 0.717) is 4.47 Å². The molecule has 0 spiro atoms. The minimum atomic E-state index is -3.02. The van der Waals surface area contributed by atoms with Crippen LogP contribution >= 0.6 is 15.9 Å². The van der Waals surface area contributed by atoms with Gasteiger partial charge in [-0.15, -0.1) is 0 Å². The Hall–Kier alpha value is -3.84. The van der Waals surface area contributed by atoms with Crippen LogP contribution in [-0.4, -0.2) is 69.2 Å². The second kappa shape index (κ2) is 9.35. The maximum absolute atomic E-state index is 14.1. The van der Waals surface area contributed by atoms with Gasteiger partial charge in [0.2, 0.25) is 5.60 Å². The number of methoxy groups -OCH3 is 1. The highest BCUT2D eigenvalue weighted by Crippen LogP contribution is 2.68. The molecule has 0 radical (unpaired) electrons. The minimum Gasteiger partial charge on any atom is -0.496 e. The Morgan fingerprint density at radius 3 is 2.37 bits per heavy atom. The molecule has 3 aromatic rings. The topological polar surface area (TPSA) is 170 Å². The lowest BCUT2D eigenvalue weighted by Gasteiger charge is -2.51. The summed E-state index contributed by atoms with van der Waals surface area (Å²) in [7, 11) is 1.27. The van der Waals surface area contributed by atoms with Gasteiger partial charge in [-0.25, -0.2) is 14.4 Å². The third-order valence-electron chi connectivity index (χ3n) is 8.25. The van der Waals surface area contributed by atoms with Gasteiger partial charge in [-0.3, -0.25) is 4.79 Å². The Bertz CT molecular complexity index is 1640. The second-order valence-electron chi connectivity index (χ2n) is 10.4. The quantitative estimate of drug-likeness (QED) is 0.269. The van der Waals surface area contributed by atoms with Crippen LogP contribution in [0.15, 0.2) is 80.4 Å². The molecule has 12 heteroatoms. The van der Waals surface area contributed by atoms with Gasteiger partial charge in [-0.2, -0.15) is 0 Å². The summed E-state index contributed by atoms with van der Waals surface area (Å²) in [5.41, 5.74) is -9.18. The predicted octanol–water partition coefficient (Wildman–Crippen LogP) is 1.76. The van der Waals surface area contributed by atoms with Crippen LogP contribution in [-0.2, 0) is 14.3 Å². The summed E-state index contributed by atoms with van der Waals surface area (Å²) in [4.78, 5) is 53.4. The number of ketones is 1. The zero-order chi connectivity index (χ0) is 29.3. The van der Waals surface area contributed by atoms with E-state index in [2.05, 4.69) is 15.9 Å². The number of hydrogen-bond donors (Lipinski definition) is 3. The average molecular weight is 627 g/mol. The van der Waals surface area contributed by atoms with Crippen LogP contribution in [0.5, 0.6) is 5.75 Å². The molecule has 3 fully saturated rings. The van der Waals surface area contributed by atoms with E-state index in [0.717, 1.165) is 6.07 Å². The molecule has 41 heavy (non-hydrogen) atoms. The Morgan fingerprint density at radius 2 is 1.68 bits per heavy atom. The number of carbonyl (C=O) groups excluding carboxylic acids is 3. The van der Waals surface area contributed by atoms with Crippen LogP contribution in [0.1, 0.15) is 38.8 Å². The molecule has 3 aliphatic rings. The van der Waals surface area contributed by atoms with E-state index in [4.69, 9.17) is 18.6 Å². The minimum absolute atomic E-state index is 0.00494. The largest absolute Gasteiger partial charge is 0.496 e. The number of hydrogen-bond acceptors (Lipinski definition) is 11. The van der Waals surface area contributed by atoms with E-state index >= 15 is 0 Å². The van der Waals surface area contributed by atoms with Crippen LogP contribution in [0, 0.1) is 5.92 Å². The number of carbonyl (C=O) groups is 3. The summed E-state index contributed by atoms with van der Waals surface area (Å²) < 4.78 is 22.3. The van der Waals surface area contributed by atoms with E-state index in [1.165, 1.54) is 49.6 Å². The number of fused-ring (bicyclic) bond motifs is 2. The molecule has 0 amide bonds. The van der Waals surface area contributed by atoms with Crippen LogP contribution in [0.2, 0.25) is 0 Å². The van der Waals surface area contributed by atoms with E-state index in [1.807, 2.05) is 0 Å². The first-order chi connectivity index (χ1) is 19.4. The molecule has 2 saturated carbocycles. The van der Waals surface area contributed by atoms with Crippen molar-refractivity contribution in [3.8, 4) is 5.75 Å². The highest BCUT2D eigenvalue weighted by molar-refractivity contribution is 9.10. The lowest BCUT2D eigenvalue weighted by molar-refractivity contribution is -0.252. The van der Waals surface area contributed by atoms with Crippen LogP contribution in [0.25, 0.3) is 0 Å². The van der Waals surface area contributed by atoms with E-state index in [-0.39, 0.29) is 16.9 Å². The second-order valence-corrected chi connectivity index (χ2v) is 11.3. The van der Waals surface area contributed by atoms with Gasteiger partial charge in [-0.1, -0.05) is 52.3 Å².